The van der Waals surface area contributed by atoms with E-state index in [1.807, 2.05) is 18.3 Å². The fourth-order valence-corrected chi connectivity index (χ4v) is 3.69. The van der Waals surface area contributed by atoms with Crippen LogP contribution in [0.3, 0.4) is 0 Å². The van der Waals surface area contributed by atoms with E-state index in [4.69, 9.17) is 4.74 Å². The molecule has 0 unspecified atom stereocenters. The average molecular weight is 487 g/mol. The monoisotopic (exact) mass is 487 g/mol. The molecule has 184 valence electrons. The van der Waals surface area contributed by atoms with Gasteiger partial charge in [-0.1, -0.05) is 37.3 Å². The predicted octanol–water partition coefficient (Wildman–Crippen LogP) is 6.30. The highest BCUT2D eigenvalue weighted by Gasteiger charge is 2.40. The van der Waals surface area contributed by atoms with Crippen LogP contribution >= 0.6 is 0 Å². The Hall–Kier alpha value is -3.88. The van der Waals surface area contributed by atoms with E-state index in [9.17, 15) is 22.4 Å². The largest absolute Gasteiger partial charge is 0.484 e. The lowest BCUT2D eigenvalue weighted by Gasteiger charge is -2.27. The van der Waals surface area contributed by atoms with Gasteiger partial charge in [-0.05, 0) is 61.9 Å². The van der Waals surface area contributed by atoms with Gasteiger partial charge in [0, 0.05) is 5.39 Å². The van der Waals surface area contributed by atoms with Crippen LogP contribution < -0.4 is 10.1 Å². The molecular weight excluding hydrogens is 462 g/mol. The molecule has 0 aliphatic rings. The Kier molecular flexibility index (Phi) is 7.48. The molecule has 1 amide bonds. The van der Waals surface area contributed by atoms with Gasteiger partial charge in [-0.15, -0.1) is 0 Å². The molecule has 5 nitrogen and oxygen atoms in total. The minimum atomic E-state index is -5.00. The highest BCUT2D eigenvalue weighted by Crippen LogP contribution is 2.30. The van der Waals surface area contributed by atoms with Gasteiger partial charge in [0.05, 0.1) is 23.4 Å². The van der Waals surface area contributed by atoms with Crippen molar-refractivity contribution in [3.8, 4) is 11.4 Å². The Morgan fingerprint density at radius 3 is 2.43 bits per heavy atom. The maximum atomic E-state index is 13.3. The van der Waals surface area contributed by atoms with Crippen molar-refractivity contribution in [1.29, 1.82) is 0 Å². The first-order valence-electron chi connectivity index (χ1n) is 10.5. The number of carbonyl (C=O) groups excluding carboxylic acids is 1. The van der Waals surface area contributed by atoms with Gasteiger partial charge in [0.15, 0.2) is 0 Å². The molecule has 4 rings (SSSR count). The molecule has 1 aromatic heterocycles. The third-order valence-electron chi connectivity index (χ3n) is 5.31. The molecule has 2 atom stereocenters. The summed E-state index contributed by atoms with van der Waals surface area (Å²) in [5.74, 6) is -1.99. The lowest BCUT2D eigenvalue weighted by Crippen LogP contribution is -2.45. The Morgan fingerprint density at radius 2 is 1.77 bits per heavy atom. The number of halogens is 4. The molecular formula is C26H25F4N3O2. The Balaban J connectivity index is 0.00000342. The number of hydrogen-bond acceptors (Lipinski definition) is 3. The summed E-state index contributed by atoms with van der Waals surface area (Å²) in [6, 6.07) is 17.2. The van der Waals surface area contributed by atoms with Crippen molar-refractivity contribution in [1.82, 2.24) is 15.1 Å². The fourth-order valence-electron chi connectivity index (χ4n) is 3.69. The van der Waals surface area contributed by atoms with Crippen LogP contribution in [0.25, 0.3) is 16.6 Å². The zero-order chi connectivity index (χ0) is 24.5. The van der Waals surface area contributed by atoms with Gasteiger partial charge in [-0.2, -0.15) is 18.3 Å². The van der Waals surface area contributed by atoms with E-state index in [-0.39, 0.29) is 13.2 Å². The highest BCUT2D eigenvalue weighted by atomic mass is 19.4. The standard InChI is InChI=1S/C25H21F4N3O2.CH4/c1-15-4-3-5-17(12-15)23(16(2)31-24(33)25(27,28)29)34-21-10-11-22-18(13-21)14-30-32(22)20-8-6-19(26)7-9-20;/h3-14,16,23H,1-2H3,(H,31,33);1H4/t16-,23-;/m0./s1. The number of alkyl halides is 3. The summed E-state index contributed by atoms with van der Waals surface area (Å²) in [5.41, 5.74) is 2.93. The van der Waals surface area contributed by atoms with E-state index in [1.54, 1.807) is 59.4 Å². The third-order valence-corrected chi connectivity index (χ3v) is 5.31. The zero-order valence-electron chi connectivity index (χ0n) is 18.3. The van der Waals surface area contributed by atoms with Gasteiger partial charge >= 0.3 is 12.1 Å². The molecule has 0 saturated carbocycles. The Bertz CT molecular complexity index is 1320. The smallest absolute Gasteiger partial charge is 0.471 e. The molecule has 0 saturated heterocycles. The van der Waals surface area contributed by atoms with Crippen LogP contribution in [0.1, 0.15) is 31.6 Å². The summed E-state index contributed by atoms with van der Waals surface area (Å²) >= 11 is 0. The number of hydrogen-bond donors (Lipinski definition) is 1. The quantitative estimate of drug-likeness (QED) is 0.325. The minimum Gasteiger partial charge on any atom is -0.484 e. The van der Waals surface area contributed by atoms with E-state index in [2.05, 4.69) is 5.10 Å². The first-order chi connectivity index (χ1) is 16.1. The minimum absolute atomic E-state index is 0. The number of rotatable bonds is 6. The van der Waals surface area contributed by atoms with Crippen LogP contribution in [0, 0.1) is 12.7 Å². The van der Waals surface area contributed by atoms with Crippen molar-refractivity contribution in [2.24, 2.45) is 0 Å². The first kappa shape index (κ1) is 25.7. The fraction of sp³-hybridized carbons (Fsp3) is 0.231. The summed E-state index contributed by atoms with van der Waals surface area (Å²) in [6.07, 6.45) is -4.27. The van der Waals surface area contributed by atoms with Gasteiger partial charge in [0.25, 0.3) is 0 Å². The second-order valence-electron chi connectivity index (χ2n) is 7.97. The number of ether oxygens (including phenoxy) is 1. The zero-order valence-corrected chi connectivity index (χ0v) is 18.3. The third kappa shape index (κ3) is 5.79. The van der Waals surface area contributed by atoms with Crippen molar-refractivity contribution >= 4 is 16.8 Å². The number of carbonyl (C=O) groups is 1. The number of aromatic nitrogens is 2. The lowest BCUT2D eigenvalue weighted by molar-refractivity contribution is -0.174. The van der Waals surface area contributed by atoms with Gasteiger partial charge in [-0.3, -0.25) is 4.79 Å². The van der Waals surface area contributed by atoms with E-state index in [0.717, 1.165) is 16.5 Å². The van der Waals surface area contributed by atoms with Gasteiger partial charge in [0.2, 0.25) is 0 Å². The van der Waals surface area contributed by atoms with Crippen molar-refractivity contribution in [2.45, 2.75) is 39.6 Å². The van der Waals surface area contributed by atoms with E-state index in [0.29, 0.717) is 17.0 Å². The number of fused-ring (bicyclic) bond motifs is 1. The van der Waals surface area contributed by atoms with E-state index in [1.165, 1.54) is 19.1 Å². The van der Waals surface area contributed by atoms with Crippen molar-refractivity contribution in [3.05, 3.63) is 89.9 Å². The molecule has 0 spiro atoms. The van der Waals surface area contributed by atoms with E-state index < -0.39 is 24.2 Å². The highest BCUT2D eigenvalue weighted by molar-refractivity contribution is 5.82. The molecule has 0 bridgehead atoms. The summed E-state index contributed by atoms with van der Waals surface area (Å²) in [7, 11) is 0. The molecule has 35 heavy (non-hydrogen) atoms. The molecule has 0 radical (unpaired) electrons. The van der Waals surface area contributed by atoms with Crippen LogP contribution in [0.15, 0.2) is 72.9 Å². The molecule has 0 aliphatic carbocycles. The molecule has 1 heterocycles. The van der Waals surface area contributed by atoms with Crippen molar-refractivity contribution in [2.75, 3.05) is 0 Å². The van der Waals surface area contributed by atoms with Gasteiger partial charge < -0.3 is 10.1 Å². The lowest BCUT2D eigenvalue weighted by atomic mass is 10.0. The number of aryl methyl sites for hydroxylation is 1. The summed E-state index contributed by atoms with van der Waals surface area (Å²) in [5, 5.41) is 7.05. The van der Waals surface area contributed by atoms with Crippen LogP contribution in [0.2, 0.25) is 0 Å². The van der Waals surface area contributed by atoms with Crippen molar-refractivity contribution < 1.29 is 27.1 Å². The second-order valence-corrected chi connectivity index (χ2v) is 7.97. The summed E-state index contributed by atoms with van der Waals surface area (Å²) < 4.78 is 59.5. The molecule has 1 N–H and O–H groups in total. The van der Waals surface area contributed by atoms with Crippen LogP contribution in [-0.2, 0) is 4.79 Å². The molecule has 9 heteroatoms. The molecule has 0 aliphatic heterocycles. The van der Waals surface area contributed by atoms with Gasteiger partial charge in [0.1, 0.15) is 17.7 Å². The van der Waals surface area contributed by atoms with Crippen LogP contribution in [0.5, 0.6) is 5.75 Å². The first-order valence-corrected chi connectivity index (χ1v) is 10.5. The number of nitrogens with zero attached hydrogens (tertiary/aromatic N) is 2. The maximum absolute atomic E-state index is 13.3. The summed E-state index contributed by atoms with van der Waals surface area (Å²) in [6.45, 7) is 3.32. The van der Waals surface area contributed by atoms with E-state index >= 15 is 0 Å². The second kappa shape index (κ2) is 10.2. The maximum Gasteiger partial charge on any atom is 0.471 e. The normalized spacial score (nSPS) is 13.1. The Morgan fingerprint density at radius 1 is 1.06 bits per heavy atom. The molecule has 3 aromatic carbocycles. The number of amides is 1. The van der Waals surface area contributed by atoms with Crippen molar-refractivity contribution in [3.63, 3.8) is 0 Å². The topological polar surface area (TPSA) is 56.1 Å². The predicted molar refractivity (Wildman–Crippen MR) is 126 cm³/mol. The number of benzene rings is 3. The van der Waals surface area contributed by atoms with Gasteiger partial charge in [-0.25, -0.2) is 9.07 Å². The van der Waals surface area contributed by atoms with Crippen LogP contribution in [-0.4, -0.2) is 27.9 Å². The summed E-state index contributed by atoms with van der Waals surface area (Å²) in [4.78, 5) is 11.5. The van der Waals surface area contributed by atoms with Crippen LogP contribution in [0.4, 0.5) is 17.6 Å². The SMILES string of the molecule is C.Cc1cccc([C@@H](Oc2ccc3c(cnn3-c3ccc(F)cc3)c2)[C@H](C)NC(=O)C(F)(F)F)c1. The average Bonchev–Trinajstić information content (AvgIpc) is 3.20. The Labute approximate surface area is 200 Å². The molecule has 4 aromatic rings. The number of nitrogens with one attached hydrogen (secondary N) is 1. The molecule has 0 fully saturated rings.